The van der Waals surface area contributed by atoms with E-state index in [9.17, 15) is 9.90 Å². The molecule has 0 spiro atoms. The summed E-state index contributed by atoms with van der Waals surface area (Å²) in [5.41, 5.74) is -0.254. The van der Waals surface area contributed by atoms with Gasteiger partial charge in [0.15, 0.2) is 0 Å². The Hall–Kier alpha value is -1.71. The van der Waals surface area contributed by atoms with Gasteiger partial charge >= 0.3 is 5.97 Å². The molecule has 0 aliphatic heterocycles. The Kier molecular flexibility index (Phi) is 1.71. The molecule has 0 aliphatic rings. The first-order valence-corrected chi connectivity index (χ1v) is 3.44. The van der Waals surface area contributed by atoms with Gasteiger partial charge in [0.25, 0.3) is 0 Å². The zero-order chi connectivity index (χ0) is 12.3. The summed E-state index contributed by atoms with van der Waals surface area (Å²) in [6.07, 6.45) is 0. The molecule has 1 aromatic carbocycles. The third-order valence-electron chi connectivity index (χ3n) is 1.52. The van der Waals surface area contributed by atoms with Crippen LogP contribution in [0.1, 0.15) is 14.5 Å². The number of hydrogen-bond donors (Lipinski definition) is 1. The number of esters is 1. The van der Waals surface area contributed by atoms with Crippen LogP contribution in [0.5, 0.6) is 11.5 Å². The van der Waals surface area contributed by atoms with E-state index in [1.54, 1.807) is 0 Å². The van der Waals surface area contributed by atoms with Crippen LogP contribution in [0.2, 0.25) is 0 Å². The Labute approximate surface area is 79.9 Å². The number of rotatable bonds is 2. The summed E-state index contributed by atoms with van der Waals surface area (Å²) < 4.78 is 29.3. The van der Waals surface area contributed by atoms with Gasteiger partial charge in [-0.05, 0) is 18.2 Å². The predicted octanol–water partition coefficient (Wildman–Crippen LogP) is 1.19. The van der Waals surface area contributed by atoms with Crippen LogP contribution < -0.4 is 4.74 Å². The molecule has 0 unspecified atom stereocenters. The van der Waals surface area contributed by atoms with Crippen molar-refractivity contribution in [3.8, 4) is 11.5 Å². The molecule has 0 aromatic heterocycles. The summed E-state index contributed by atoms with van der Waals surface area (Å²) in [4.78, 5) is 11.4. The number of ether oxygens (including phenoxy) is 2. The number of carbonyl (C=O) groups excluding carboxylic acids is 1. The van der Waals surface area contributed by atoms with E-state index in [-0.39, 0.29) is 11.3 Å². The van der Waals surface area contributed by atoms with E-state index >= 15 is 0 Å². The fraction of sp³-hybridized carbons (Fsp3) is 0.222. The van der Waals surface area contributed by atoms with Crippen molar-refractivity contribution in [3.05, 3.63) is 23.8 Å². The van der Waals surface area contributed by atoms with Crippen molar-refractivity contribution in [1.29, 1.82) is 0 Å². The largest absolute Gasteiger partial charge is 0.507 e. The minimum Gasteiger partial charge on any atom is -0.507 e. The highest BCUT2D eigenvalue weighted by atomic mass is 16.5. The molecule has 0 aliphatic carbocycles. The quantitative estimate of drug-likeness (QED) is 0.703. The van der Waals surface area contributed by atoms with E-state index in [0.29, 0.717) is 5.75 Å². The second-order valence-electron chi connectivity index (χ2n) is 2.27. The van der Waals surface area contributed by atoms with Gasteiger partial charge in [-0.3, -0.25) is 0 Å². The molecule has 4 nitrogen and oxygen atoms in total. The Morgan fingerprint density at radius 3 is 3.00 bits per heavy atom. The Balaban J connectivity index is 2.98. The molecule has 0 saturated heterocycles. The van der Waals surface area contributed by atoms with Crippen LogP contribution in [0.15, 0.2) is 18.2 Å². The van der Waals surface area contributed by atoms with Gasteiger partial charge in [-0.15, -0.1) is 0 Å². The minimum absolute atomic E-state index is 0.254. The summed E-state index contributed by atoms with van der Waals surface area (Å²) >= 11 is 0. The smallest absolute Gasteiger partial charge is 0.341 e. The van der Waals surface area contributed by atoms with Crippen LogP contribution in [0.4, 0.5) is 0 Å². The van der Waals surface area contributed by atoms with Gasteiger partial charge in [-0.25, -0.2) is 4.79 Å². The van der Waals surface area contributed by atoms with E-state index in [1.165, 1.54) is 25.3 Å². The molecular formula is C9H10O4. The first-order chi connectivity index (χ1) is 7.33. The monoisotopic (exact) mass is 185 g/mol. The van der Waals surface area contributed by atoms with Crippen molar-refractivity contribution in [3.63, 3.8) is 0 Å². The van der Waals surface area contributed by atoms with Crippen LogP contribution >= 0.6 is 0 Å². The Morgan fingerprint density at radius 1 is 1.62 bits per heavy atom. The standard InChI is InChI=1S/C9H10O4/c1-12-6-3-4-8(10)7(5-6)9(11)13-2/h3-5,10H,1-2H3/i2D3. The lowest BCUT2D eigenvalue weighted by Gasteiger charge is -2.04. The van der Waals surface area contributed by atoms with E-state index < -0.39 is 13.0 Å². The van der Waals surface area contributed by atoms with Crippen molar-refractivity contribution in [2.24, 2.45) is 0 Å². The molecule has 0 radical (unpaired) electrons. The molecule has 1 N–H and O–H groups in total. The molecule has 13 heavy (non-hydrogen) atoms. The van der Waals surface area contributed by atoms with Crippen molar-refractivity contribution < 1.29 is 23.5 Å². The molecular weight excluding hydrogens is 172 g/mol. The van der Waals surface area contributed by atoms with Crippen molar-refractivity contribution >= 4 is 5.97 Å². The average Bonchev–Trinajstić information content (AvgIpc) is 2.15. The predicted molar refractivity (Wildman–Crippen MR) is 46.0 cm³/mol. The van der Waals surface area contributed by atoms with Gasteiger partial charge in [0.2, 0.25) is 0 Å². The van der Waals surface area contributed by atoms with Crippen molar-refractivity contribution in [2.75, 3.05) is 14.1 Å². The maximum Gasteiger partial charge on any atom is 0.341 e. The normalized spacial score (nSPS) is 13.8. The van der Waals surface area contributed by atoms with E-state index in [2.05, 4.69) is 4.74 Å². The Bertz CT molecular complexity index is 400. The summed E-state index contributed by atoms with van der Waals surface area (Å²) in [6, 6.07) is 3.85. The third-order valence-corrected chi connectivity index (χ3v) is 1.52. The number of phenolic OH excluding ortho intramolecular Hbond substituents is 1. The zero-order valence-electron chi connectivity index (χ0n) is 9.90. The number of carbonyl (C=O) groups is 1. The molecule has 0 saturated carbocycles. The summed E-state index contributed by atoms with van der Waals surface area (Å²) in [5, 5.41) is 9.36. The van der Waals surface area contributed by atoms with Crippen LogP contribution in [0.3, 0.4) is 0 Å². The highest BCUT2D eigenvalue weighted by Gasteiger charge is 2.11. The number of methoxy groups -OCH3 is 2. The van der Waals surface area contributed by atoms with Crippen molar-refractivity contribution in [1.82, 2.24) is 0 Å². The summed E-state index contributed by atoms with van der Waals surface area (Å²) in [6.45, 7) is 0. The molecule has 0 atom stereocenters. The van der Waals surface area contributed by atoms with E-state index in [4.69, 9.17) is 8.85 Å². The maximum absolute atomic E-state index is 11.4. The second kappa shape index (κ2) is 3.80. The van der Waals surface area contributed by atoms with Crippen LogP contribution in [0, 0.1) is 0 Å². The van der Waals surface area contributed by atoms with Gasteiger partial charge < -0.3 is 14.6 Å². The first kappa shape index (κ1) is 5.85. The maximum atomic E-state index is 11.4. The molecule has 70 valence electrons. The molecule has 0 fully saturated rings. The minimum atomic E-state index is -2.84. The average molecular weight is 185 g/mol. The fourth-order valence-corrected chi connectivity index (χ4v) is 0.861. The first-order valence-electron chi connectivity index (χ1n) is 4.94. The number of phenols is 1. The summed E-state index contributed by atoms with van der Waals surface area (Å²) in [5.74, 6) is -1.18. The van der Waals surface area contributed by atoms with Crippen molar-refractivity contribution in [2.45, 2.75) is 0 Å². The van der Waals surface area contributed by atoms with Crippen LogP contribution in [-0.2, 0) is 4.74 Å². The highest BCUT2D eigenvalue weighted by Crippen LogP contribution is 2.23. The van der Waals surface area contributed by atoms with Gasteiger partial charge in [-0.2, -0.15) is 0 Å². The number of aromatic hydroxyl groups is 1. The van der Waals surface area contributed by atoms with E-state index in [1.807, 2.05) is 0 Å². The lowest BCUT2D eigenvalue weighted by molar-refractivity contribution is 0.0597. The van der Waals surface area contributed by atoms with Crippen LogP contribution in [0.25, 0.3) is 0 Å². The highest BCUT2D eigenvalue weighted by molar-refractivity contribution is 5.92. The topological polar surface area (TPSA) is 55.8 Å². The van der Waals surface area contributed by atoms with E-state index in [0.717, 1.165) is 0 Å². The zero-order valence-corrected chi connectivity index (χ0v) is 6.90. The lowest BCUT2D eigenvalue weighted by Crippen LogP contribution is -2.01. The number of hydrogen-bond acceptors (Lipinski definition) is 4. The second-order valence-corrected chi connectivity index (χ2v) is 2.27. The van der Waals surface area contributed by atoms with Gasteiger partial charge in [0.05, 0.1) is 18.3 Å². The number of benzene rings is 1. The van der Waals surface area contributed by atoms with Gasteiger partial charge in [0, 0.05) is 0 Å². The molecule has 0 amide bonds. The molecule has 4 heteroatoms. The molecule has 0 heterocycles. The van der Waals surface area contributed by atoms with Gasteiger partial charge in [0.1, 0.15) is 17.1 Å². The SMILES string of the molecule is [2H]C([2H])([2H])OC(=O)c1cc(OC)ccc1O. The molecule has 1 aromatic rings. The lowest BCUT2D eigenvalue weighted by atomic mass is 10.2. The summed E-state index contributed by atoms with van der Waals surface area (Å²) in [7, 11) is -1.46. The van der Waals surface area contributed by atoms with Crippen LogP contribution in [-0.4, -0.2) is 25.2 Å². The third kappa shape index (κ3) is 1.90. The fourth-order valence-electron chi connectivity index (χ4n) is 0.861. The van der Waals surface area contributed by atoms with Gasteiger partial charge in [-0.1, -0.05) is 0 Å². The molecule has 1 rings (SSSR count). The molecule has 0 bridgehead atoms. The Morgan fingerprint density at radius 2 is 2.38 bits per heavy atom.